The number of benzene rings is 3. The van der Waals surface area contributed by atoms with Crippen LogP contribution in [0.2, 0.25) is 0 Å². The molecule has 0 bridgehead atoms. The molecule has 38 heavy (non-hydrogen) atoms. The summed E-state index contributed by atoms with van der Waals surface area (Å²) >= 11 is 0. The van der Waals surface area contributed by atoms with Gasteiger partial charge in [0, 0.05) is 12.2 Å². The van der Waals surface area contributed by atoms with E-state index in [1.807, 2.05) is 48.5 Å². The molecule has 1 heterocycles. The lowest BCUT2D eigenvalue weighted by atomic mass is 10.0. The van der Waals surface area contributed by atoms with Gasteiger partial charge in [-0.25, -0.2) is 13.2 Å². The molecule has 1 aliphatic rings. The van der Waals surface area contributed by atoms with Crippen molar-refractivity contribution in [1.29, 1.82) is 0 Å². The normalized spacial score (nSPS) is 17.8. The predicted octanol–water partition coefficient (Wildman–Crippen LogP) is 3.88. The van der Waals surface area contributed by atoms with Crippen LogP contribution in [0.15, 0.2) is 95.9 Å². The zero-order valence-corrected chi connectivity index (χ0v) is 21.6. The number of aliphatic carboxylic acids is 1. The zero-order chi connectivity index (χ0) is 27.1. The van der Waals surface area contributed by atoms with Crippen LogP contribution in [0.25, 0.3) is 0 Å². The molecule has 0 aromatic heterocycles. The number of carbonyl (C=O) groups is 2. The molecule has 9 nitrogen and oxygen atoms in total. The highest BCUT2D eigenvalue weighted by atomic mass is 32.2. The number of carboxylic acids is 1. The van der Waals surface area contributed by atoms with Crippen LogP contribution in [0, 0.1) is 0 Å². The standard InChI is InChI=1S/C28H29N3O6S/c1-37-23-13-15-24(16-14-23)38(35,36)31-17-6-5-12-25(26(31)27(32)33)30-28(34)29-22-11-7-10-21(19-22)18-20-8-3-2-4-9-20/h2-11,13-16,19,25-26H,12,17-18H2,1H3,(H,32,33)(H2,29,30,34). The van der Waals surface area contributed by atoms with Crippen molar-refractivity contribution in [1.82, 2.24) is 9.62 Å². The number of ether oxygens (including phenoxy) is 1. The number of urea groups is 1. The first-order valence-corrected chi connectivity index (χ1v) is 13.5. The van der Waals surface area contributed by atoms with Gasteiger partial charge in [-0.1, -0.05) is 54.6 Å². The minimum absolute atomic E-state index is 0.0710. The van der Waals surface area contributed by atoms with Gasteiger partial charge >= 0.3 is 12.0 Å². The molecule has 3 aromatic carbocycles. The zero-order valence-electron chi connectivity index (χ0n) is 20.8. The van der Waals surface area contributed by atoms with Gasteiger partial charge in [-0.3, -0.25) is 4.79 Å². The number of rotatable bonds is 8. The van der Waals surface area contributed by atoms with Crippen LogP contribution in [0.1, 0.15) is 17.5 Å². The number of amides is 2. The Bertz CT molecular complexity index is 1410. The van der Waals surface area contributed by atoms with Crippen molar-refractivity contribution in [3.8, 4) is 5.75 Å². The number of methoxy groups -OCH3 is 1. The molecule has 0 radical (unpaired) electrons. The van der Waals surface area contributed by atoms with Gasteiger partial charge in [0.2, 0.25) is 10.0 Å². The van der Waals surface area contributed by atoms with E-state index < -0.39 is 34.1 Å². The van der Waals surface area contributed by atoms with Gasteiger partial charge < -0.3 is 20.5 Å². The Labute approximate surface area is 221 Å². The average molecular weight is 536 g/mol. The van der Waals surface area contributed by atoms with Crippen molar-refractivity contribution >= 4 is 27.7 Å². The lowest BCUT2D eigenvalue weighted by Gasteiger charge is -2.31. The van der Waals surface area contributed by atoms with Gasteiger partial charge in [0.05, 0.1) is 18.0 Å². The number of hydrogen-bond donors (Lipinski definition) is 3. The molecule has 2 unspecified atom stereocenters. The van der Waals surface area contributed by atoms with Crippen LogP contribution >= 0.6 is 0 Å². The predicted molar refractivity (Wildman–Crippen MR) is 144 cm³/mol. The van der Waals surface area contributed by atoms with Crippen LogP contribution in [0.4, 0.5) is 10.5 Å². The van der Waals surface area contributed by atoms with Crippen molar-refractivity contribution < 1.29 is 27.9 Å². The highest BCUT2D eigenvalue weighted by molar-refractivity contribution is 7.89. The van der Waals surface area contributed by atoms with E-state index in [2.05, 4.69) is 10.6 Å². The molecule has 1 aliphatic heterocycles. The van der Waals surface area contributed by atoms with E-state index in [9.17, 15) is 23.1 Å². The van der Waals surface area contributed by atoms with E-state index in [-0.39, 0.29) is 17.9 Å². The molecule has 4 rings (SSSR count). The van der Waals surface area contributed by atoms with Crippen LogP contribution in [0.5, 0.6) is 5.75 Å². The maximum Gasteiger partial charge on any atom is 0.324 e. The molecule has 0 spiro atoms. The van der Waals surface area contributed by atoms with E-state index in [1.54, 1.807) is 18.2 Å². The third kappa shape index (κ3) is 6.39. The summed E-state index contributed by atoms with van der Waals surface area (Å²) < 4.78 is 32.8. The van der Waals surface area contributed by atoms with Crippen LogP contribution in [0.3, 0.4) is 0 Å². The fraction of sp³-hybridized carbons (Fsp3) is 0.214. The van der Waals surface area contributed by atoms with E-state index in [0.717, 1.165) is 15.4 Å². The van der Waals surface area contributed by atoms with Gasteiger partial charge in [0.25, 0.3) is 0 Å². The second-order valence-corrected chi connectivity index (χ2v) is 10.7. The van der Waals surface area contributed by atoms with Gasteiger partial charge in [-0.15, -0.1) is 0 Å². The summed E-state index contributed by atoms with van der Waals surface area (Å²) in [7, 11) is -2.73. The first-order chi connectivity index (χ1) is 18.3. The highest BCUT2D eigenvalue weighted by Crippen LogP contribution is 2.25. The monoisotopic (exact) mass is 535 g/mol. The quantitative estimate of drug-likeness (QED) is 0.376. The molecule has 3 N–H and O–H groups in total. The van der Waals surface area contributed by atoms with E-state index in [1.165, 1.54) is 31.4 Å². The molecule has 0 aliphatic carbocycles. The van der Waals surface area contributed by atoms with Gasteiger partial charge in [0.15, 0.2) is 0 Å². The second kappa shape index (κ2) is 11.9. The molecule has 0 saturated carbocycles. The summed E-state index contributed by atoms with van der Waals surface area (Å²) in [6.45, 7) is -0.146. The van der Waals surface area contributed by atoms with Gasteiger partial charge in [-0.05, 0) is 60.4 Å². The summed E-state index contributed by atoms with van der Waals surface area (Å²) in [5, 5.41) is 15.5. The van der Waals surface area contributed by atoms with Crippen LogP contribution in [-0.4, -0.2) is 55.6 Å². The van der Waals surface area contributed by atoms with Crippen molar-refractivity contribution in [3.05, 3.63) is 102 Å². The Morgan fingerprint density at radius 2 is 1.68 bits per heavy atom. The Balaban J connectivity index is 1.51. The number of hydrogen-bond acceptors (Lipinski definition) is 5. The van der Waals surface area contributed by atoms with Crippen molar-refractivity contribution in [2.45, 2.75) is 29.8 Å². The maximum absolute atomic E-state index is 13.4. The molecular weight excluding hydrogens is 506 g/mol. The Morgan fingerprint density at radius 1 is 0.974 bits per heavy atom. The molecule has 0 saturated heterocycles. The molecule has 3 aromatic rings. The first kappa shape index (κ1) is 26.9. The minimum Gasteiger partial charge on any atom is -0.497 e. The Morgan fingerprint density at radius 3 is 2.37 bits per heavy atom. The Kier molecular flexibility index (Phi) is 8.45. The molecular formula is C28H29N3O6S. The van der Waals surface area contributed by atoms with Crippen molar-refractivity contribution in [3.63, 3.8) is 0 Å². The van der Waals surface area contributed by atoms with Crippen LogP contribution < -0.4 is 15.4 Å². The number of carboxylic acid groups (broad SMARTS) is 1. The summed E-state index contributed by atoms with van der Waals surface area (Å²) in [5.41, 5.74) is 2.66. The minimum atomic E-state index is -4.19. The number of nitrogens with one attached hydrogen (secondary N) is 2. The molecule has 10 heteroatoms. The fourth-order valence-electron chi connectivity index (χ4n) is 4.35. The van der Waals surface area contributed by atoms with Crippen molar-refractivity contribution in [2.24, 2.45) is 0 Å². The summed E-state index contributed by atoms with van der Waals surface area (Å²) in [6, 6.07) is 19.8. The third-order valence-corrected chi connectivity index (χ3v) is 8.07. The largest absolute Gasteiger partial charge is 0.497 e. The number of sulfonamides is 1. The molecule has 2 atom stereocenters. The van der Waals surface area contributed by atoms with E-state index in [0.29, 0.717) is 17.9 Å². The van der Waals surface area contributed by atoms with Crippen LogP contribution in [-0.2, 0) is 21.2 Å². The first-order valence-electron chi connectivity index (χ1n) is 12.0. The SMILES string of the molecule is COc1ccc(S(=O)(=O)N2CC=CCC(NC(=O)Nc3cccc(Cc4ccccc4)c3)C2C(=O)O)cc1. The number of nitrogens with zero attached hydrogens (tertiary/aromatic N) is 1. The maximum atomic E-state index is 13.4. The lowest BCUT2D eigenvalue weighted by molar-refractivity contribution is -0.142. The highest BCUT2D eigenvalue weighted by Gasteiger charge is 2.42. The summed E-state index contributed by atoms with van der Waals surface area (Å²) in [5.74, 6) is -0.889. The van der Waals surface area contributed by atoms with Gasteiger partial charge in [-0.2, -0.15) is 4.31 Å². The Hall–Kier alpha value is -4.15. The van der Waals surface area contributed by atoms with Crippen molar-refractivity contribution in [2.75, 3.05) is 19.0 Å². The smallest absolute Gasteiger partial charge is 0.324 e. The second-order valence-electron chi connectivity index (χ2n) is 8.81. The average Bonchev–Trinajstić information content (AvgIpc) is 3.12. The number of anilines is 1. The fourth-order valence-corrected chi connectivity index (χ4v) is 5.92. The lowest BCUT2D eigenvalue weighted by Crippen LogP contribution is -2.57. The summed E-state index contributed by atoms with van der Waals surface area (Å²) in [4.78, 5) is 25.2. The molecule has 0 fully saturated rings. The van der Waals surface area contributed by atoms with E-state index in [4.69, 9.17) is 4.74 Å². The number of carbonyl (C=O) groups excluding carboxylic acids is 1. The molecule has 198 valence electrons. The molecule has 2 amide bonds. The van der Waals surface area contributed by atoms with Gasteiger partial charge in [0.1, 0.15) is 11.8 Å². The van der Waals surface area contributed by atoms with E-state index >= 15 is 0 Å². The summed E-state index contributed by atoms with van der Waals surface area (Å²) in [6.07, 6.45) is 4.09. The third-order valence-electron chi connectivity index (χ3n) is 6.20. The topological polar surface area (TPSA) is 125 Å².